The molecule has 16 heavy (non-hydrogen) atoms. The molecule has 0 unspecified atom stereocenters. The molecule has 0 saturated heterocycles. The molecule has 1 rings (SSSR count). The highest BCUT2D eigenvalue weighted by Gasteiger charge is 2.34. The van der Waals surface area contributed by atoms with E-state index in [1.54, 1.807) is 13.8 Å². The topological polar surface area (TPSA) is 52.6 Å². The second kappa shape index (κ2) is 5.63. The van der Waals surface area contributed by atoms with Crippen LogP contribution in [0.5, 0.6) is 0 Å². The first-order valence-corrected chi connectivity index (χ1v) is 6.27. The van der Waals surface area contributed by atoms with Gasteiger partial charge in [-0.2, -0.15) is 0 Å². The van der Waals surface area contributed by atoms with E-state index in [4.69, 9.17) is 9.47 Å². The number of ketones is 2. The van der Waals surface area contributed by atoms with Crippen LogP contribution in [0.1, 0.15) is 13.8 Å². The highest BCUT2D eigenvalue weighted by Crippen LogP contribution is 2.32. The maximum atomic E-state index is 11.8. The number of hydrogen-bond donors (Lipinski definition) is 0. The Hall–Kier alpha value is -0.620. The lowest BCUT2D eigenvalue weighted by Crippen LogP contribution is -2.22. The van der Waals surface area contributed by atoms with Gasteiger partial charge in [-0.15, -0.1) is 0 Å². The average molecular weight is 354 g/mol. The van der Waals surface area contributed by atoms with Gasteiger partial charge in [0, 0.05) is 0 Å². The minimum absolute atomic E-state index is 0.0165. The van der Waals surface area contributed by atoms with E-state index in [2.05, 4.69) is 31.9 Å². The molecule has 0 radical (unpaired) electrons. The number of halogens is 2. The minimum Gasteiger partial charge on any atom is -0.488 e. The van der Waals surface area contributed by atoms with Gasteiger partial charge in [-0.05, 0) is 45.7 Å². The number of carbonyl (C=O) groups is 2. The van der Waals surface area contributed by atoms with E-state index in [9.17, 15) is 9.59 Å². The maximum absolute atomic E-state index is 11.8. The fourth-order valence-corrected chi connectivity index (χ4v) is 2.10. The van der Waals surface area contributed by atoms with Crippen LogP contribution in [0.2, 0.25) is 0 Å². The third-order valence-corrected chi connectivity index (χ3v) is 3.23. The van der Waals surface area contributed by atoms with Crippen LogP contribution in [0.15, 0.2) is 20.5 Å². The first-order valence-electron chi connectivity index (χ1n) is 4.69. The van der Waals surface area contributed by atoms with Crippen LogP contribution in [0.4, 0.5) is 0 Å². The summed E-state index contributed by atoms with van der Waals surface area (Å²) in [6.07, 6.45) is 0. The monoisotopic (exact) mass is 352 g/mol. The standard InChI is InChI=1S/C10H10Br2O4/c1-3-15-9-5(11)8(14)10(16-4-2)6(12)7(9)13/h3-4H2,1-2H3. The van der Waals surface area contributed by atoms with Crippen molar-refractivity contribution in [3.05, 3.63) is 20.5 Å². The van der Waals surface area contributed by atoms with Crippen LogP contribution in [0.3, 0.4) is 0 Å². The predicted octanol–water partition coefficient (Wildman–Crippen LogP) is 2.42. The van der Waals surface area contributed by atoms with E-state index in [1.807, 2.05) is 0 Å². The summed E-state index contributed by atoms with van der Waals surface area (Å²) in [5.41, 5.74) is 0. The molecule has 0 heterocycles. The van der Waals surface area contributed by atoms with Crippen LogP contribution in [0.25, 0.3) is 0 Å². The highest BCUT2D eigenvalue weighted by molar-refractivity contribution is 9.12. The number of ether oxygens (including phenoxy) is 2. The number of allylic oxidation sites excluding steroid dienone is 2. The molecule has 0 fully saturated rings. The molecular weight excluding hydrogens is 344 g/mol. The normalized spacial score (nSPS) is 17.0. The van der Waals surface area contributed by atoms with Crippen molar-refractivity contribution in [3.8, 4) is 0 Å². The lowest BCUT2D eigenvalue weighted by molar-refractivity contribution is -0.120. The molecule has 6 heteroatoms. The molecule has 0 aromatic carbocycles. The Balaban J connectivity index is 3.15. The zero-order valence-corrected chi connectivity index (χ0v) is 12.0. The van der Waals surface area contributed by atoms with Crippen molar-refractivity contribution in [3.63, 3.8) is 0 Å². The number of Topliss-reactive ketones (excluding diaryl/α,β-unsaturated/α-hetero) is 2. The van der Waals surface area contributed by atoms with Crippen molar-refractivity contribution in [2.45, 2.75) is 13.8 Å². The lowest BCUT2D eigenvalue weighted by atomic mass is 10.1. The van der Waals surface area contributed by atoms with Gasteiger partial charge in [-0.3, -0.25) is 9.59 Å². The van der Waals surface area contributed by atoms with Crippen LogP contribution < -0.4 is 0 Å². The van der Waals surface area contributed by atoms with Gasteiger partial charge in [0.2, 0.25) is 11.6 Å². The molecule has 0 N–H and O–H groups in total. The van der Waals surface area contributed by atoms with E-state index in [-0.39, 0.29) is 20.5 Å². The Morgan fingerprint density at radius 1 is 0.875 bits per heavy atom. The van der Waals surface area contributed by atoms with Crippen molar-refractivity contribution >= 4 is 43.4 Å². The number of hydrogen-bond acceptors (Lipinski definition) is 4. The predicted molar refractivity (Wildman–Crippen MR) is 65.2 cm³/mol. The van der Waals surface area contributed by atoms with Gasteiger partial charge in [-0.1, -0.05) is 0 Å². The Bertz CT molecular complexity index is 358. The summed E-state index contributed by atoms with van der Waals surface area (Å²) in [6, 6.07) is 0. The van der Waals surface area contributed by atoms with Crippen molar-refractivity contribution in [2.24, 2.45) is 0 Å². The Morgan fingerprint density at radius 3 is 1.44 bits per heavy atom. The summed E-state index contributed by atoms with van der Waals surface area (Å²) < 4.78 is 10.4. The Labute approximate surface area is 110 Å². The lowest BCUT2D eigenvalue weighted by Gasteiger charge is -2.17. The summed E-state index contributed by atoms with van der Waals surface area (Å²) in [7, 11) is 0. The van der Waals surface area contributed by atoms with Gasteiger partial charge >= 0.3 is 0 Å². The van der Waals surface area contributed by atoms with Gasteiger partial charge in [-0.25, -0.2) is 0 Å². The van der Waals surface area contributed by atoms with Crippen LogP contribution in [-0.4, -0.2) is 24.8 Å². The summed E-state index contributed by atoms with van der Waals surface area (Å²) >= 11 is 6.10. The fourth-order valence-electron chi connectivity index (χ4n) is 1.15. The van der Waals surface area contributed by atoms with Gasteiger partial charge in [0.15, 0.2) is 11.5 Å². The van der Waals surface area contributed by atoms with Gasteiger partial charge < -0.3 is 9.47 Å². The quantitative estimate of drug-likeness (QED) is 0.728. The van der Waals surface area contributed by atoms with Crippen molar-refractivity contribution in [2.75, 3.05) is 13.2 Å². The number of rotatable bonds is 4. The summed E-state index contributed by atoms with van der Waals surface area (Å²) in [5.74, 6) is -0.751. The molecule has 4 nitrogen and oxygen atoms in total. The van der Waals surface area contributed by atoms with Gasteiger partial charge in [0.25, 0.3) is 0 Å². The molecule has 1 aliphatic carbocycles. The Kier molecular flexibility index (Phi) is 4.73. The summed E-state index contributed by atoms with van der Waals surface area (Å²) in [4.78, 5) is 23.6. The molecule has 1 aliphatic rings. The van der Waals surface area contributed by atoms with Crippen molar-refractivity contribution in [1.29, 1.82) is 0 Å². The second-order valence-corrected chi connectivity index (χ2v) is 4.40. The third-order valence-electron chi connectivity index (χ3n) is 1.79. The van der Waals surface area contributed by atoms with Gasteiger partial charge in [0.05, 0.1) is 13.2 Å². The molecule has 0 bridgehead atoms. The zero-order valence-electron chi connectivity index (χ0n) is 8.80. The number of carbonyl (C=O) groups excluding carboxylic acids is 2. The first kappa shape index (κ1) is 13.4. The maximum Gasteiger partial charge on any atom is 0.239 e. The van der Waals surface area contributed by atoms with Crippen LogP contribution >= 0.6 is 31.9 Å². The zero-order chi connectivity index (χ0) is 12.3. The van der Waals surface area contributed by atoms with Crippen LogP contribution in [-0.2, 0) is 19.1 Å². The van der Waals surface area contributed by atoms with Gasteiger partial charge in [0.1, 0.15) is 8.96 Å². The highest BCUT2D eigenvalue weighted by atomic mass is 79.9. The second-order valence-electron chi connectivity index (χ2n) is 2.81. The fraction of sp³-hybridized carbons (Fsp3) is 0.400. The molecular formula is C10H10Br2O4. The SMILES string of the molecule is CCOC1=C(Br)C(=O)C(OCC)=C(Br)C1=O. The molecule has 0 amide bonds. The summed E-state index contributed by atoms with van der Waals surface area (Å²) in [5, 5.41) is 0. The van der Waals surface area contributed by atoms with E-state index in [1.165, 1.54) is 0 Å². The first-order chi connectivity index (χ1) is 7.54. The van der Waals surface area contributed by atoms with Crippen LogP contribution in [0, 0.1) is 0 Å². The van der Waals surface area contributed by atoms with E-state index in [0.29, 0.717) is 13.2 Å². The van der Waals surface area contributed by atoms with E-state index < -0.39 is 11.6 Å². The molecule has 0 saturated carbocycles. The summed E-state index contributed by atoms with van der Waals surface area (Å²) in [6.45, 7) is 4.10. The van der Waals surface area contributed by atoms with E-state index >= 15 is 0 Å². The Morgan fingerprint density at radius 2 is 1.19 bits per heavy atom. The van der Waals surface area contributed by atoms with Crippen molar-refractivity contribution in [1.82, 2.24) is 0 Å². The third kappa shape index (κ3) is 2.38. The average Bonchev–Trinajstić information content (AvgIpc) is 2.28. The smallest absolute Gasteiger partial charge is 0.239 e. The van der Waals surface area contributed by atoms with E-state index in [0.717, 1.165) is 0 Å². The molecule has 0 atom stereocenters. The minimum atomic E-state index is -0.392. The molecule has 0 aromatic heterocycles. The van der Waals surface area contributed by atoms with Crippen molar-refractivity contribution < 1.29 is 19.1 Å². The largest absolute Gasteiger partial charge is 0.488 e. The molecule has 0 aliphatic heterocycles. The molecule has 88 valence electrons. The molecule has 0 spiro atoms. The molecule has 0 aromatic rings.